The van der Waals surface area contributed by atoms with Gasteiger partial charge in [0.1, 0.15) is 0 Å². The van der Waals surface area contributed by atoms with E-state index >= 15 is 0 Å². The molecular weight excluding hydrogens is 464 g/mol. The molecule has 2 N–H and O–H groups in total. The monoisotopic (exact) mass is 476 g/mol. The summed E-state index contributed by atoms with van der Waals surface area (Å²) in [5, 5.41) is 13.9. The largest absolute Gasteiger partial charge is 0.338 e. The van der Waals surface area contributed by atoms with E-state index in [-0.39, 0.29) is 32.5 Å². The van der Waals surface area contributed by atoms with E-state index in [1.165, 1.54) is 6.07 Å². The highest BCUT2D eigenvalue weighted by Gasteiger charge is 2.22. The highest BCUT2D eigenvalue weighted by Crippen LogP contribution is 2.22. The van der Waals surface area contributed by atoms with E-state index in [9.17, 15) is 13.2 Å². The summed E-state index contributed by atoms with van der Waals surface area (Å²) in [4.78, 5) is 16.4. The van der Waals surface area contributed by atoms with Crippen molar-refractivity contribution in [3.05, 3.63) is 71.1 Å². The minimum Gasteiger partial charge on any atom is -0.338 e. The van der Waals surface area contributed by atoms with Gasteiger partial charge in [-0.15, -0.1) is 10.2 Å². The first-order chi connectivity index (χ1) is 14.9. The molecule has 0 aliphatic rings. The molecular formula is C18H13ClN6O4S2. The third-order valence-electron chi connectivity index (χ3n) is 3.89. The van der Waals surface area contributed by atoms with Crippen LogP contribution in [0.1, 0.15) is 16.2 Å². The van der Waals surface area contributed by atoms with Crippen LogP contribution in [0.3, 0.4) is 0 Å². The summed E-state index contributed by atoms with van der Waals surface area (Å²) < 4.78 is 32.0. The molecule has 13 heteroatoms. The van der Waals surface area contributed by atoms with Crippen LogP contribution in [0.25, 0.3) is 11.4 Å². The zero-order valence-electron chi connectivity index (χ0n) is 15.5. The van der Waals surface area contributed by atoms with E-state index in [0.29, 0.717) is 17.2 Å². The van der Waals surface area contributed by atoms with Crippen LogP contribution >= 0.6 is 22.9 Å². The standard InChI is InChI=1S/C18H13ClN6O4S2/c19-13-9-5-4-8-12(13)16(26)22-17-23-24-18(30-17)31(27,28)20-10-14-21-15(25-29-14)11-6-2-1-3-7-11/h1-9,20H,10H2,(H,22,23,26). The Morgan fingerprint density at radius 3 is 2.58 bits per heavy atom. The lowest BCUT2D eigenvalue weighted by Crippen LogP contribution is -2.23. The van der Waals surface area contributed by atoms with Crippen LogP contribution in [0.15, 0.2) is 63.5 Å². The number of sulfonamides is 1. The molecule has 0 fully saturated rings. The number of aromatic nitrogens is 4. The van der Waals surface area contributed by atoms with Crippen LogP contribution in [0.5, 0.6) is 0 Å². The van der Waals surface area contributed by atoms with Crippen molar-refractivity contribution in [3.63, 3.8) is 0 Å². The Bertz CT molecular complexity index is 1320. The number of halogens is 1. The second-order valence-corrected chi connectivity index (χ2v) is 9.33. The van der Waals surface area contributed by atoms with Crippen LogP contribution in [0.4, 0.5) is 5.13 Å². The minimum atomic E-state index is -4.01. The van der Waals surface area contributed by atoms with E-state index in [2.05, 4.69) is 30.4 Å². The molecule has 2 aromatic heterocycles. The molecule has 0 radical (unpaired) electrons. The second-order valence-electron chi connectivity index (χ2n) is 6.01. The fourth-order valence-electron chi connectivity index (χ4n) is 2.43. The zero-order valence-corrected chi connectivity index (χ0v) is 17.9. The summed E-state index contributed by atoms with van der Waals surface area (Å²) in [7, 11) is -4.01. The summed E-state index contributed by atoms with van der Waals surface area (Å²) in [5.74, 6) is -0.104. The van der Waals surface area contributed by atoms with Gasteiger partial charge in [-0.05, 0) is 12.1 Å². The molecule has 0 aliphatic carbocycles. The quantitative estimate of drug-likeness (QED) is 0.388. The van der Waals surface area contributed by atoms with Crippen molar-refractivity contribution < 1.29 is 17.7 Å². The molecule has 0 aliphatic heterocycles. The summed E-state index contributed by atoms with van der Waals surface area (Å²) in [5.41, 5.74) is 0.968. The van der Waals surface area contributed by atoms with Crippen molar-refractivity contribution in [2.45, 2.75) is 10.9 Å². The number of nitrogens with one attached hydrogen (secondary N) is 2. The van der Waals surface area contributed by atoms with Gasteiger partial charge in [0.2, 0.25) is 21.2 Å². The van der Waals surface area contributed by atoms with Gasteiger partial charge >= 0.3 is 0 Å². The average Bonchev–Trinajstić information content (AvgIpc) is 3.43. The van der Waals surface area contributed by atoms with Crippen LogP contribution in [0.2, 0.25) is 5.02 Å². The SMILES string of the molecule is O=C(Nc1nnc(S(=O)(=O)NCc2nc(-c3ccccc3)no2)s1)c1ccccc1Cl. The van der Waals surface area contributed by atoms with Crippen LogP contribution in [-0.2, 0) is 16.6 Å². The van der Waals surface area contributed by atoms with Gasteiger partial charge in [0, 0.05) is 5.56 Å². The molecule has 0 spiro atoms. The van der Waals surface area contributed by atoms with Gasteiger partial charge in [0.25, 0.3) is 15.9 Å². The fourth-order valence-corrected chi connectivity index (χ4v) is 4.56. The molecule has 31 heavy (non-hydrogen) atoms. The van der Waals surface area contributed by atoms with Gasteiger partial charge < -0.3 is 4.52 Å². The number of rotatable bonds is 7. The van der Waals surface area contributed by atoms with E-state index in [1.807, 2.05) is 18.2 Å². The molecule has 10 nitrogen and oxygen atoms in total. The maximum atomic E-state index is 12.5. The second kappa shape index (κ2) is 8.89. The third kappa shape index (κ3) is 4.94. The average molecular weight is 477 g/mol. The van der Waals surface area contributed by atoms with Gasteiger partial charge in [-0.1, -0.05) is 70.6 Å². The first-order valence-corrected chi connectivity index (χ1v) is 11.4. The number of hydrogen-bond acceptors (Lipinski definition) is 9. The Labute approximate surface area is 185 Å². The number of carbonyl (C=O) groups excluding carboxylic acids is 1. The number of amides is 1. The van der Waals surface area contributed by atoms with Gasteiger partial charge in [-0.25, -0.2) is 8.42 Å². The van der Waals surface area contributed by atoms with Crippen molar-refractivity contribution in [1.29, 1.82) is 0 Å². The predicted molar refractivity (Wildman–Crippen MR) is 113 cm³/mol. The van der Waals surface area contributed by atoms with E-state index in [4.69, 9.17) is 16.1 Å². The maximum Gasteiger partial charge on any atom is 0.270 e. The summed E-state index contributed by atoms with van der Waals surface area (Å²) in [6.45, 7) is -0.233. The molecule has 0 saturated heterocycles. The lowest BCUT2D eigenvalue weighted by atomic mass is 10.2. The first-order valence-electron chi connectivity index (χ1n) is 8.69. The molecule has 1 amide bonds. The summed E-state index contributed by atoms with van der Waals surface area (Å²) >= 11 is 6.68. The van der Waals surface area contributed by atoms with Crippen molar-refractivity contribution in [2.75, 3.05) is 5.32 Å². The lowest BCUT2D eigenvalue weighted by molar-refractivity contribution is 0.102. The summed E-state index contributed by atoms with van der Waals surface area (Å²) in [6.07, 6.45) is 0. The Morgan fingerprint density at radius 1 is 1.06 bits per heavy atom. The van der Waals surface area contributed by atoms with Gasteiger partial charge in [0.15, 0.2) is 0 Å². The van der Waals surface area contributed by atoms with E-state index < -0.39 is 15.9 Å². The third-order valence-corrected chi connectivity index (χ3v) is 6.83. The van der Waals surface area contributed by atoms with Crippen LogP contribution in [0, 0.1) is 0 Å². The predicted octanol–water partition coefficient (Wildman–Crippen LogP) is 2.97. The van der Waals surface area contributed by atoms with E-state index in [1.54, 1.807) is 30.3 Å². The number of hydrogen-bond donors (Lipinski definition) is 2. The van der Waals surface area contributed by atoms with Gasteiger partial charge in [0.05, 0.1) is 17.1 Å². The minimum absolute atomic E-state index is 0.00875. The Hall–Kier alpha value is -3.19. The number of nitrogens with zero attached hydrogens (tertiary/aromatic N) is 4. The molecule has 2 aromatic carbocycles. The molecule has 0 atom stereocenters. The van der Waals surface area contributed by atoms with Crippen molar-refractivity contribution in [1.82, 2.24) is 25.1 Å². The van der Waals surface area contributed by atoms with Crippen molar-refractivity contribution >= 4 is 44.0 Å². The summed E-state index contributed by atoms with van der Waals surface area (Å²) in [6, 6.07) is 15.6. The highest BCUT2D eigenvalue weighted by molar-refractivity contribution is 7.91. The molecule has 4 aromatic rings. The Kier molecular flexibility index (Phi) is 6.04. The fraction of sp³-hybridized carbons (Fsp3) is 0.0556. The van der Waals surface area contributed by atoms with Crippen molar-refractivity contribution in [3.8, 4) is 11.4 Å². The maximum absolute atomic E-state index is 12.5. The molecule has 158 valence electrons. The van der Waals surface area contributed by atoms with Crippen LogP contribution in [-0.4, -0.2) is 34.7 Å². The zero-order chi connectivity index (χ0) is 21.8. The molecule has 2 heterocycles. The number of carbonyl (C=O) groups is 1. The molecule has 4 rings (SSSR count). The molecule has 0 saturated carbocycles. The van der Waals surface area contributed by atoms with Gasteiger partial charge in [-0.3, -0.25) is 10.1 Å². The molecule has 0 bridgehead atoms. The number of benzene rings is 2. The lowest BCUT2D eigenvalue weighted by Gasteiger charge is -2.02. The van der Waals surface area contributed by atoms with Gasteiger partial charge in [-0.2, -0.15) is 9.71 Å². The highest BCUT2D eigenvalue weighted by atomic mass is 35.5. The topological polar surface area (TPSA) is 140 Å². The number of anilines is 1. The normalized spacial score (nSPS) is 11.4. The first kappa shape index (κ1) is 21.1. The Balaban J connectivity index is 1.41. The Morgan fingerprint density at radius 2 is 1.81 bits per heavy atom. The van der Waals surface area contributed by atoms with Crippen LogP contribution < -0.4 is 10.0 Å². The van der Waals surface area contributed by atoms with Crippen molar-refractivity contribution in [2.24, 2.45) is 0 Å². The van der Waals surface area contributed by atoms with E-state index in [0.717, 1.165) is 5.56 Å². The smallest absolute Gasteiger partial charge is 0.270 e. The molecule has 0 unspecified atom stereocenters.